The third-order valence-corrected chi connectivity index (χ3v) is 3.09. The summed E-state index contributed by atoms with van der Waals surface area (Å²) in [7, 11) is 1.20. The first-order valence-corrected chi connectivity index (χ1v) is 5.43. The lowest BCUT2D eigenvalue weighted by atomic mass is 10.00. The summed E-state index contributed by atoms with van der Waals surface area (Å²) in [6, 6.07) is 1.64. The van der Waals surface area contributed by atoms with Gasteiger partial charge in [-0.05, 0) is 31.0 Å². The molecule has 0 bridgehead atoms. The number of aliphatic hydroxyl groups excluding tert-OH is 1. The molecule has 4 nitrogen and oxygen atoms in total. The monoisotopic (exact) mass is 288 g/mol. The van der Waals surface area contributed by atoms with E-state index in [0.717, 1.165) is 0 Å². The Morgan fingerprint density at radius 1 is 1.50 bits per heavy atom. The molecule has 0 aliphatic rings. The number of hydrogen-bond donors (Lipinski definition) is 2. The Balaban J connectivity index is 3.34. The minimum absolute atomic E-state index is 0.0705. The van der Waals surface area contributed by atoms with E-state index >= 15 is 0 Å². The van der Waals surface area contributed by atoms with E-state index in [0.29, 0.717) is 21.2 Å². The maximum absolute atomic E-state index is 11.2. The quantitative estimate of drug-likeness (QED) is 0.817. The SMILES string of the molecule is COC(=O)C(O)c1c(Br)cc(C)c(O)c1C. The number of aryl methyl sites for hydroxylation is 1. The topological polar surface area (TPSA) is 66.8 Å². The van der Waals surface area contributed by atoms with Gasteiger partial charge in [0.15, 0.2) is 6.10 Å². The number of ether oxygens (including phenoxy) is 1. The highest BCUT2D eigenvalue weighted by molar-refractivity contribution is 9.10. The second kappa shape index (κ2) is 4.84. The van der Waals surface area contributed by atoms with E-state index < -0.39 is 12.1 Å². The van der Waals surface area contributed by atoms with Crippen molar-refractivity contribution in [3.8, 4) is 5.75 Å². The normalized spacial score (nSPS) is 12.3. The number of phenolic OH excluding ortho intramolecular Hbond substituents is 1. The van der Waals surface area contributed by atoms with Crippen molar-refractivity contribution in [2.75, 3.05) is 7.11 Å². The van der Waals surface area contributed by atoms with Crippen LogP contribution in [0.5, 0.6) is 5.75 Å². The molecule has 0 aromatic heterocycles. The van der Waals surface area contributed by atoms with Crippen molar-refractivity contribution in [1.82, 2.24) is 0 Å². The van der Waals surface area contributed by atoms with E-state index in [1.165, 1.54) is 7.11 Å². The third kappa shape index (κ3) is 2.20. The van der Waals surface area contributed by atoms with Crippen molar-refractivity contribution < 1.29 is 19.7 Å². The van der Waals surface area contributed by atoms with Gasteiger partial charge in [-0.2, -0.15) is 0 Å². The first-order chi connectivity index (χ1) is 7.40. The van der Waals surface area contributed by atoms with Gasteiger partial charge in [0.25, 0.3) is 0 Å². The Labute approximate surface area is 102 Å². The summed E-state index contributed by atoms with van der Waals surface area (Å²) in [5, 5.41) is 19.5. The van der Waals surface area contributed by atoms with Gasteiger partial charge in [0.2, 0.25) is 0 Å². The van der Waals surface area contributed by atoms with Gasteiger partial charge in [-0.3, -0.25) is 0 Å². The van der Waals surface area contributed by atoms with Gasteiger partial charge in [0.05, 0.1) is 7.11 Å². The average molecular weight is 289 g/mol. The molecule has 16 heavy (non-hydrogen) atoms. The number of aromatic hydroxyl groups is 1. The minimum Gasteiger partial charge on any atom is -0.507 e. The van der Waals surface area contributed by atoms with E-state index in [2.05, 4.69) is 20.7 Å². The Bertz CT molecular complexity index is 428. The molecule has 1 aromatic rings. The molecule has 0 heterocycles. The number of halogens is 1. The molecule has 0 amide bonds. The summed E-state index contributed by atoms with van der Waals surface area (Å²) in [5.74, 6) is -0.687. The van der Waals surface area contributed by atoms with Crippen LogP contribution in [0, 0.1) is 13.8 Å². The Kier molecular flexibility index (Phi) is 3.93. The summed E-state index contributed by atoms with van der Waals surface area (Å²) < 4.78 is 5.02. The molecule has 1 atom stereocenters. The summed E-state index contributed by atoms with van der Waals surface area (Å²) in [6.45, 7) is 3.37. The molecule has 2 N–H and O–H groups in total. The Hall–Kier alpha value is -1.07. The summed E-state index contributed by atoms with van der Waals surface area (Å²) in [4.78, 5) is 11.2. The second-order valence-electron chi connectivity index (χ2n) is 3.49. The number of phenols is 1. The van der Waals surface area contributed by atoms with Gasteiger partial charge >= 0.3 is 5.97 Å². The lowest BCUT2D eigenvalue weighted by Crippen LogP contribution is -2.15. The molecule has 0 fully saturated rings. The summed E-state index contributed by atoms with van der Waals surface area (Å²) in [5.41, 5.74) is 1.46. The van der Waals surface area contributed by atoms with Crippen LogP contribution in [0.15, 0.2) is 10.5 Å². The van der Waals surface area contributed by atoms with Gasteiger partial charge in [-0.25, -0.2) is 4.79 Å². The molecule has 1 unspecified atom stereocenters. The fourth-order valence-electron chi connectivity index (χ4n) is 1.50. The molecule has 88 valence electrons. The molecule has 0 spiro atoms. The molecule has 0 saturated carbocycles. The predicted molar refractivity (Wildman–Crippen MR) is 62.3 cm³/mol. The largest absolute Gasteiger partial charge is 0.507 e. The maximum Gasteiger partial charge on any atom is 0.339 e. The Morgan fingerprint density at radius 2 is 2.06 bits per heavy atom. The van der Waals surface area contributed by atoms with Crippen molar-refractivity contribution in [3.63, 3.8) is 0 Å². The van der Waals surface area contributed by atoms with Crippen molar-refractivity contribution in [2.24, 2.45) is 0 Å². The second-order valence-corrected chi connectivity index (χ2v) is 4.34. The zero-order valence-corrected chi connectivity index (χ0v) is 10.8. The van der Waals surface area contributed by atoms with Gasteiger partial charge in [-0.1, -0.05) is 15.9 Å². The van der Waals surface area contributed by atoms with Gasteiger partial charge in [0.1, 0.15) is 5.75 Å². The summed E-state index contributed by atoms with van der Waals surface area (Å²) >= 11 is 3.25. The number of carbonyl (C=O) groups excluding carboxylic acids is 1. The van der Waals surface area contributed by atoms with E-state index in [9.17, 15) is 15.0 Å². The molecular weight excluding hydrogens is 276 g/mol. The fraction of sp³-hybridized carbons (Fsp3) is 0.364. The van der Waals surface area contributed by atoms with E-state index in [1.54, 1.807) is 19.9 Å². The average Bonchev–Trinajstić information content (AvgIpc) is 2.24. The number of carbonyl (C=O) groups is 1. The molecular formula is C11H13BrO4. The van der Waals surface area contributed by atoms with Gasteiger partial charge in [-0.15, -0.1) is 0 Å². The van der Waals surface area contributed by atoms with Crippen LogP contribution in [-0.2, 0) is 9.53 Å². The van der Waals surface area contributed by atoms with Gasteiger partial charge in [0, 0.05) is 10.0 Å². The summed E-state index contributed by atoms with van der Waals surface area (Å²) in [6.07, 6.45) is -1.40. The molecule has 5 heteroatoms. The van der Waals surface area contributed by atoms with E-state index in [-0.39, 0.29) is 5.75 Å². The van der Waals surface area contributed by atoms with Crippen molar-refractivity contribution in [2.45, 2.75) is 20.0 Å². The zero-order valence-electron chi connectivity index (χ0n) is 9.24. The predicted octanol–water partition coefficient (Wildman–Crippen LogP) is 1.98. The number of rotatable bonds is 2. The molecule has 0 saturated heterocycles. The van der Waals surface area contributed by atoms with Crippen LogP contribution in [0.4, 0.5) is 0 Å². The number of benzene rings is 1. The highest BCUT2D eigenvalue weighted by Crippen LogP contribution is 2.35. The van der Waals surface area contributed by atoms with Crippen LogP contribution < -0.4 is 0 Å². The van der Waals surface area contributed by atoms with Crippen LogP contribution in [-0.4, -0.2) is 23.3 Å². The van der Waals surface area contributed by atoms with Crippen LogP contribution in [0.25, 0.3) is 0 Å². The van der Waals surface area contributed by atoms with E-state index in [1.807, 2.05) is 0 Å². The smallest absolute Gasteiger partial charge is 0.339 e. The lowest BCUT2D eigenvalue weighted by molar-refractivity contribution is -0.150. The maximum atomic E-state index is 11.2. The Morgan fingerprint density at radius 3 is 2.56 bits per heavy atom. The molecule has 1 aromatic carbocycles. The van der Waals surface area contributed by atoms with Crippen LogP contribution >= 0.6 is 15.9 Å². The molecule has 0 aliphatic carbocycles. The zero-order chi connectivity index (χ0) is 12.5. The number of esters is 1. The molecule has 1 rings (SSSR count). The highest BCUT2D eigenvalue weighted by atomic mass is 79.9. The van der Waals surface area contributed by atoms with Crippen LogP contribution in [0.3, 0.4) is 0 Å². The fourth-order valence-corrected chi connectivity index (χ4v) is 2.36. The standard InChI is InChI=1S/C11H13BrO4/c1-5-4-7(12)8(6(2)9(5)13)10(14)11(15)16-3/h4,10,13-14H,1-3H3. The van der Waals surface area contributed by atoms with Crippen molar-refractivity contribution in [1.29, 1.82) is 0 Å². The van der Waals surface area contributed by atoms with E-state index in [4.69, 9.17) is 0 Å². The lowest BCUT2D eigenvalue weighted by Gasteiger charge is -2.16. The van der Waals surface area contributed by atoms with Gasteiger partial charge < -0.3 is 14.9 Å². The van der Waals surface area contributed by atoms with Crippen molar-refractivity contribution >= 4 is 21.9 Å². The third-order valence-electron chi connectivity index (χ3n) is 2.43. The number of aliphatic hydroxyl groups is 1. The number of hydrogen-bond acceptors (Lipinski definition) is 4. The minimum atomic E-state index is -1.40. The first kappa shape index (κ1) is 13.0. The number of methoxy groups -OCH3 is 1. The first-order valence-electron chi connectivity index (χ1n) is 4.64. The molecule has 0 aliphatic heterocycles. The van der Waals surface area contributed by atoms with Crippen molar-refractivity contribution in [3.05, 3.63) is 27.2 Å². The van der Waals surface area contributed by atoms with Crippen LogP contribution in [0.2, 0.25) is 0 Å². The molecule has 0 radical (unpaired) electrons. The van der Waals surface area contributed by atoms with Crippen LogP contribution in [0.1, 0.15) is 22.8 Å². The highest BCUT2D eigenvalue weighted by Gasteiger charge is 2.24.